The van der Waals surface area contributed by atoms with Gasteiger partial charge in [0.1, 0.15) is 11.6 Å². The predicted molar refractivity (Wildman–Crippen MR) is 146 cm³/mol. The molecule has 2 N–H and O–H groups in total. The summed E-state index contributed by atoms with van der Waals surface area (Å²) < 4.78 is 46.3. The van der Waals surface area contributed by atoms with Crippen LogP contribution in [0.1, 0.15) is 12.0 Å². The largest absolute Gasteiger partial charge is 0.424 e. The minimum atomic E-state index is -4.58. The van der Waals surface area contributed by atoms with Gasteiger partial charge in [0.25, 0.3) is 0 Å². The van der Waals surface area contributed by atoms with Crippen molar-refractivity contribution in [1.82, 2.24) is 24.6 Å². The van der Waals surface area contributed by atoms with E-state index in [4.69, 9.17) is 21.3 Å². The van der Waals surface area contributed by atoms with Gasteiger partial charge in [-0.25, -0.2) is 24.3 Å². The summed E-state index contributed by atoms with van der Waals surface area (Å²) in [6.45, 7) is 2.00. The average Bonchev–Trinajstić information content (AvgIpc) is 3.33. The Kier molecular flexibility index (Phi) is 6.79. The first-order valence-electron chi connectivity index (χ1n) is 12.4. The van der Waals surface area contributed by atoms with Gasteiger partial charge < -0.3 is 20.3 Å². The van der Waals surface area contributed by atoms with Crippen LogP contribution in [-0.4, -0.2) is 43.7 Å². The molecule has 41 heavy (non-hydrogen) atoms. The third kappa shape index (κ3) is 5.70. The number of amides is 2. The zero-order chi connectivity index (χ0) is 28.6. The van der Waals surface area contributed by atoms with E-state index in [1.165, 1.54) is 12.4 Å². The molecule has 10 nitrogen and oxygen atoms in total. The summed E-state index contributed by atoms with van der Waals surface area (Å²) in [5.74, 6) is 1.41. The molecule has 2 aromatic carbocycles. The van der Waals surface area contributed by atoms with Crippen LogP contribution < -0.4 is 20.3 Å². The van der Waals surface area contributed by atoms with Crippen molar-refractivity contribution >= 4 is 40.5 Å². The molecule has 0 spiro atoms. The monoisotopic (exact) mass is 580 g/mol. The fourth-order valence-corrected chi connectivity index (χ4v) is 4.27. The van der Waals surface area contributed by atoms with Crippen molar-refractivity contribution in [3.8, 4) is 22.9 Å². The summed E-state index contributed by atoms with van der Waals surface area (Å²) in [7, 11) is 0. The standard InChI is InChI=1S/C27H20ClF3N8O2/c28-21-7-4-17(27(29,30)31)12-22(21)36-25(40)35-18-13-32-26(33-14-18)41-19-5-2-16(3-6-19)20-15-34-39-11-8-23(37-24(20)39)38-9-1-10-38/h2-8,11-15H,1,9-10H2,(H2,35,36,40). The van der Waals surface area contributed by atoms with Gasteiger partial charge in [0.05, 0.1) is 40.6 Å². The second kappa shape index (κ2) is 10.6. The molecule has 0 radical (unpaired) electrons. The Morgan fingerprint density at radius 3 is 2.41 bits per heavy atom. The van der Waals surface area contributed by atoms with Crippen LogP contribution in [0, 0.1) is 0 Å². The maximum absolute atomic E-state index is 13.0. The average molecular weight is 581 g/mol. The van der Waals surface area contributed by atoms with E-state index in [0.29, 0.717) is 5.75 Å². The van der Waals surface area contributed by atoms with Crippen LogP contribution >= 0.6 is 11.6 Å². The third-order valence-electron chi connectivity index (χ3n) is 6.34. The van der Waals surface area contributed by atoms with Gasteiger partial charge in [-0.15, -0.1) is 0 Å². The van der Waals surface area contributed by atoms with Crippen LogP contribution in [0.5, 0.6) is 11.8 Å². The lowest BCUT2D eigenvalue weighted by atomic mass is 10.1. The summed E-state index contributed by atoms with van der Waals surface area (Å²) in [4.78, 5) is 27.4. The van der Waals surface area contributed by atoms with Gasteiger partial charge in [0, 0.05) is 24.8 Å². The number of nitrogens with one attached hydrogen (secondary N) is 2. The highest BCUT2D eigenvalue weighted by atomic mass is 35.5. The van der Waals surface area contributed by atoms with Crippen molar-refractivity contribution in [2.24, 2.45) is 0 Å². The summed E-state index contributed by atoms with van der Waals surface area (Å²) in [5.41, 5.74) is 1.60. The van der Waals surface area contributed by atoms with Crippen molar-refractivity contribution in [3.63, 3.8) is 0 Å². The van der Waals surface area contributed by atoms with Crippen molar-refractivity contribution < 1.29 is 22.7 Å². The van der Waals surface area contributed by atoms with E-state index in [0.717, 1.165) is 60.3 Å². The highest BCUT2D eigenvalue weighted by molar-refractivity contribution is 6.33. The number of carbonyl (C=O) groups excluding carboxylic acids is 1. The number of hydrogen-bond acceptors (Lipinski definition) is 7. The van der Waals surface area contributed by atoms with Gasteiger partial charge in [-0.1, -0.05) is 23.7 Å². The number of benzene rings is 2. The molecule has 14 heteroatoms. The zero-order valence-electron chi connectivity index (χ0n) is 21.1. The number of rotatable bonds is 6. The first-order chi connectivity index (χ1) is 19.7. The van der Waals surface area contributed by atoms with Crippen LogP contribution in [-0.2, 0) is 6.18 Å². The Hall–Kier alpha value is -4.91. The molecule has 3 aromatic heterocycles. The number of anilines is 3. The fourth-order valence-electron chi connectivity index (χ4n) is 4.11. The van der Waals surface area contributed by atoms with Gasteiger partial charge >= 0.3 is 18.2 Å². The van der Waals surface area contributed by atoms with E-state index in [-0.39, 0.29) is 22.4 Å². The molecule has 1 saturated heterocycles. The molecule has 208 valence electrons. The molecule has 2 amide bonds. The number of aromatic nitrogens is 5. The summed E-state index contributed by atoms with van der Waals surface area (Å²) in [5, 5.41) is 9.07. The second-order valence-electron chi connectivity index (χ2n) is 9.11. The number of alkyl halides is 3. The lowest BCUT2D eigenvalue weighted by molar-refractivity contribution is -0.137. The Morgan fingerprint density at radius 2 is 1.73 bits per heavy atom. The maximum atomic E-state index is 13.0. The van der Waals surface area contributed by atoms with Crippen LogP contribution in [0.4, 0.5) is 35.2 Å². The summed E-state index contributed by atoms with van der Waals surface area (Å²) in [6, 6.07) is 11.1. The molecular formula is C27H20ClF3N8O2. The molecule has 0 saturated carbocycles. The number of nitrogens with zero attached hydrogens (tertiary/aromatic N) is 6. The first kappa shape index (κ1) is 26.3. The SMILES string of the molecule is O=C(Nc1cnc(Oc2ccc(-c3cnn4ccc(N5CCC5)nc34)cc2)nc1)Nc1cc(C(F)(F)F)ccc1Cl. The number of carbonyl (C=O) groups is 1. The molecule has 4 heterocycles. The quantitative estimate of drug-likeness (QED) is 0.236. The van der Waals surface area contributed by atoms with Gasteiger partial charge in [-0.3, -0.25) is 0 Å². The summed E-state index contributed by atoms with van der Waals surface area (Å²) >= 11 is 5.92. The maximum Gasteiger partial charge on any atom is 0.416 e. The minimum Gasteiger partial charge on any atom is -0.424 e. The van der Waals surface area contributed by atoms with Gasteiger partial charge in [0.15, 0.2) is 5.65 Å². The Morgan fingerprint density at radius 1 is 0.976 bits per heavy atom. The minimum absolute atomic E-state index is 0.0291. The highest BCUT2D eigenvalue weighted by Crippen LogP contribution is 2.34. The smallest absolute Gasteiger partial charge is 0.416 e. The molecule has 0 unspecified atom stereocenters. The van der Waals surface area contributed by atoms with Gasteiger partial charge in [-0.2, -0.15) is 18.3 Å². The number of hydrogen-bond donors (Lipinski definition) is 2. The molecule has 1 aliphatic heterocycles. The number of ether oxygens (including phenoxy) is 1. The molecular weight excluding hydrogens is 561 g/mol. The van der Waals surface area contributed by atoms with E-state index < -0.39 is 17.8 Å². The highest BCUT2D eigenvalue weighted by Gasteiger charge is 2.31. The Bertz CT molecular complexity index is 1720. The number of urea groups is 1. The normalized spacial score (nSPS) is 13.1. The van der Waals surface area contributed by atoms with Crippen LogP contribution in [0.3, 0.4) is 0 Å². The van der Waals surface area contributed by atoms with Crippen molar-refractivity contribution in [2.75, 3.05) is 28.6 Å². The molecule has 1 fully saturated rings. The second-order valence-corrected chi connectivity index (χ2v) is 9.51. The molecule has 6 rings (SSSR count). The van der Waals surface area contributed by atoms with Crippen LogP contribution in [0.2, 0.25) is 5.02 Å². The van der Waals surface area contributed by atoms with Crippen LogP contribution in [0.25, 0.3) is 16.8 Å². The molecule has 0 aliphatic carbocycles. The van der Waals surface area contributed by atoms with E-state index in [1.54, 1.807) is 22.8 Å². The summed E-state index contributed by atoms with van der Waals surface area (Å²) in [6.07, 6.45) is 2.84. The lowest BCUT2D eigenvalue weighted by Gasteiger charge is -2.31. The van der Waals surface area contributed by atoms with Crippen molar-refractivity contribution in [3.05, 3.63) is 83.9 Å². The molecule has 1 aliphatic rings. The number of halogens is 4. The Labute approximate surface area is 235 Å². The van der Waals surface area contributed by atoms with Crippen molar-refractivity contribution in [2.45, 2.75) is 12.6 Å². The van der Waals surface area contributed by atoms with E-state index in [1.807, 2.05) is 24.4 Å². The fraction of sp³-hybridized carbons (Fsp3) is 0.148. The first-order valence-corrected chi connectivity index (χ1v) is 12.8. The van der Waals surface area contributed by atoms with Crippen molar-refractivity contribution in [1.29, 1.82) is 0 Å². The van der Waals surface area contributed by atoms with Crippen LogP contribution in [0.15, 0.2) is 73.3 Å². The van der Waals surface area contributed by atoms with E-state index in [2.05, 4.69) is 30.6 Å². The number of fused-ring (bicyclic) bond motifs is 1. The third-order valence-corrected chi connectivity index (χ3v) is 6.67. The molecule has 0 bridgehead atoms. The lowest BCUT2D eigenvalue weighted by Crippen LogP contribution is -2.37. The zero-order valence-corrected chi connectivity index (χ0v) is 21.8. The molecule has 0 atom stereocenters. The molecule has 5 aromatic rings. The van der Waals surface area contributed by atoms with Gasteiger partial charge in [0.2, 0.25) is 0 Å². The van der Waals surface area contributed by atoms with Gasteiger partial charge in [-0.05, 0) is 48.4 Å². The topological polar surface area (TPSA) is 110 Å². The Balaban J connectivity index is 1.09. The van der Waals surface area contributed by atoms with E-state index in [9.17, 15) is 18.0 Å². The predicted octanol–water partition coefficient (Wildman–Crippen LogP) is 6.50. The van der Waals surface area contributed by atoms with E-state index >= 15 is 0 Å².